The van der Waals surface area contributed by atoms with Gasteiger partial charge in [-0.3, -0.25) is 0 Å². The van der Waals surface area contributed by atoms with Crippen LogP contribution in [-0.4, -0.2) is 12.2 Å². The minimum atomic E-state index is -0.811. The second-order valence-corrected chi connectivity index (χ2v) is 4.05. The Kier molecular flexibility index (Phi) is 2.24. The highest BCUT2D eigenvalue weighted by atomic mass is 35.5. The van der Waals surface area contributed by atoms with Gasteiger partial charge in [0.2, 0.25) is 0 Å². The first-order valence-corrected chi connectivity index (χ1v) is 5.40. The van der Waals surface area contributed by atoms with Gasteiger partial charge < -0.3 is 18.7 Å². The number of furan rings is 1. The normalized spacial score (nSPS) is 11.2. The number of hydrogen-bond acceptors (Lipinski definition) is 5. The first kappa shape index (κ1) is 11.0. The molecule has 0 aliphatic carbocycles. The minimum absolute atomic E-state index is 0.154. The fraction of sp³-hybridized carbons (Fsp3) is 0.0833. The summed E-state index contributed by atoms with van der Waals surface area (Å²) in [7, 11) is 1.44. The van der Waals surface area contributed by atoms with Gasteiger partial charge in [0.05, 0.1) is 18.8 Å². The van der Waals surface area contributed by atoms with Crippen LogP contribution in [0.3, 0.4) is 0 Å². The van der Waals surface area contributed by atoms with Gasteiger partial charge in [-0.25, -0.2) is 4.79 Å². The Balaban J connectivity index is 2.65. The van der Waals surface area contributed by atoms with Crippen LogP contribution < -0.4 is 10.4 Å². The van der Waals surface area contributed by atoms with E-state index < -0.39 is 5.63 Å². The minimum Gasteiger partial charge on any atom is -0.505 e. The number of hydrogen-bond donors (Lipinski definition) is 1. The van der Waals surface area contributed by atoms with Crippen molar-refractivity contribution in [3.63, 3.8) is 0 Å². The zero-order valence-electron chi connectivity index (χ0n) is 9.19. The lowest BCUT2D eigenvalue weighted by molar-refractivity contribution is 0.417. The molecule has 2 aromatic heterocycles. The molecule has 0 saturated carbocycles. The smallest absolute Gasteiger partial charge is 0.359 e. The van der Waals surface area contributed by atoms with E-state index in [1.165, 1.54) is 19.4 Å². The van der Waals surface area contributed by atoms with Gasteiger partial charge in [-0.1, -0.05) is 11.6 Å². The highest BCUT2D eigenvalue weighted by molar-refractivity contribution is 6.33. The van der Waals surface area contributed by atoms with Gasteiger partial charge in [-0.05, 0) is 6.07 Å². The summed E-state index contributed by atoms with van der Waals surface area (Å²) in [5.74, 6) is -0.0118. The van der Waals surface area contributed by atoms with Gasteiger partial charge in [-0.15, -0.1) is 0 Å². The maximum Gasteiger partial charge on any atom is 0.359 e. The Labute approximate surface area is 105 Å². The molecule has 0 bridgehead atoms. The Morgan fingerprint density at radius 3 is 2.89 bits per heavy atom. The first-order chi connectivity index (χ1) is 8.63. The first-order valence-electron chi connectivity index (χ1n) is 5.03. The van der Waals surface area contributed by atoms with Crippen LogP contribution in [0, 0.1) is 0 Å². The van der Waals surface area contributed by atoms with Gasteiger partial charge in [0, 0.05) is 6.07 Å². The summed E-state index contributed by atoms with van der Waals surface area (Å²) in [6.45, 7) is 0. The standard InChI is InChI=1S/C12H7ClO5/c1-16-11-5-2-3-17-6(5)4-7-8(11)10(14)9(13)12(15)18-7/h2-4,14H,1H3. The fourth-order valence-corrected chi connectivity index (χ4v) is 2.06. The van der Waals surface area contributed by atoms with Crippen LogP contribution in [-0.2, 0) is 0 Å². The average Bonchev–Trinajstić information content (AvgIpc) is 2.81. The fourth-order valence-electron chi connectivity index (χ4n) is 1.93. The van der Waals surface area contributed by atoms with E-state index in [9.17, 15) is 9.90 Å². The van der Waals surface area contributed by atoms with E-state index in [1.54, 1.807) is 6.07 Å². The van der Waals surface area contributed by atoms with Crippen LogP contribution in [0.15, 0.2) is 32.0 Å². The number of rotatable bonds is 1. The van der Waals surface area contributed by atoms with Crippen molar-refractivity contribution in [2.45, 2.75) is 0 Å². The van der Waals surface area contributed by atoms with Crippen LogP contribution in [0.5, 0.6) is 11.5 Å². The van der Waals surface area contributed by atoms with Crippen molar-refractivity contribution < 1.29 is 18.7 Å². The second kappa shape index (κ2) is 3.68. The third kappa shape index (κ3) is 1.31. The molecule has 92 valence electrons. The van der Waals surface area contributed by atoms with Crippen LogP contribution in [0.25, 0.3) is 21.9 Å². The molecule has 1 N–H and O–H groups in total. The van der Waals surface area contributed by atoms with Crippen molar-refractivity contribution in [1.29, 1.82) is 0 Å². The predicted octanol–water partition coefficient (Wildman–Crippen LogP) is 2.91. The Morgan fingerprint density at radius 1 is 1.39 bits per heavy atom. The maximum atomic E-state index is 11.4. The monoisotopic (exact) mass is 266 g/mol. The van der Waals surface area contributed by atoms with Crippen LogP contribution in [0.1, 0.15) is 0 Å². The molecule has 0 aliphatic heterocycles. The number of ether oxygens (including phenoxy) is 1. The van der Waals surface area contributed by atoms with Gasteiger partial charge in [0.25, 0.3) is 0 Å². The second-order valence-electron chi connectivity index (χ2n) is 3.67. The van der Waals surface area contributed by atoms with Crippen LogP contribution >= 0.6 is 11.6 Å². The molecule has 0 saturated heterocycles. The molecule has 0 amide bonds. The largest absolute Gasteiger partial charge is 0.505 e. The van der Waals surface area contributed by atoms with Crippen LogP contribution in [0.2, 0.25) is 5.02 Å². The predicted molar refractivity (Wildman–Crippen MR) is 65.5 cm³/mol. The summed E-state index contributed by atoms with van der Waals surface area (Å²) in [6.07, 6.45) is 1.48. The lowest BCUT2D eigenvalue weighted by Crippen LogP contribution is -2.00. The number of benzene rings is 1. The van der Waals surface area contributed by atoms with E-state index >= 15 is 0 Å². The molecule has 1 aromatic carbocycles. The highest BCUT2D eigenvalue weighted by Gasteiger charge is 2.19. The van der Waals surface area contributed by atoms with E-state index in [0.717, 1.165) is 0 Å². The summed E-state index contributed by atoms with van der Waals surface area (Å²) in [5, 5.41) is 10.5. The molecular weight excluding hydrogens is 260 g/mol. The van der Waals surface area contributed by atoms with Gasteiger partial charge in [-0.2, -0.15) is 0 Å². The Morgan fingerprint density at radius 2 is 2.17 bits per heavy atom. The number of aromatic hydroxyl groups is 1. The molecule has 0 atom stereocenters. The lowest BCUT2D eigenvalue weighted by Gasteiger charge is -2.08. The van der Waals surface area contributed by atoms with Crippen molar-refractivity contribution >= 4 is 33.5 Å². The molecular formula is C12H7ClO5. The van der Waals surface area contributed by atoms with Gasteiger partial charge in [0.1, 0.15) is 22.3 Å². The van der Waals surface area contributed by atoms with Gasteiger partial charge >= 0.3 is 5.63 Å². The van der Waals surface area contributed by atoms with E-state index in [-0.39, 0.29) is 21.7 Å². The van der Waals surface area contributed by atoms with Crippen molar-refractivity contribution in [1.82, 2.24) is 0 Å². The summed E-state index contributed by atoms with van der Waals surface area (Å²) in [5.41, 5.74) is -0.167. The molecule has 0 fully saturated rings. The van der Waals surface area contributed by atoms with E-state index in [2.05, 4.69) is 0 Å². The average molecular weight is 267 g/mol. The molecule has 18 heavy (non-hydrogen) atoms. The lowest BCUT2D eigenvalue weighted by atomic mass is 10.1. The van der Waals surface area contributed by atoms with Crippen molar-refractivity contribution in [2.24, 2.45) is 0 Å². The third-order valence-electron chi connectivity index (χ3n) is 2.71. The highest BCUT2D eigenvalue weighted by Crippen LogP contribution is 2.41. The summed E-state index contributed by atoms with van der Waals surface area (Å²) in [4.78, 5) is 11.4. The van der Waals surface area contributed by atoms with Crippen LogP contribution in [0.4, 0.5) is 0 Å². The van der Waals surface area contributed by atoms with E-state index in [4.69, 9.17) is 25.2 Å². The SMILES string of the molecule is COc1c2ccoc2cc2oc(=O)c(Cl)c(O)c12. The molecule has 6 heteroatoms. The number of halogens is 1. The molecule has 2 heterocycles. The molecule has 0 spiro atoms. The molecule has 3 aromatic rings. The Hall–Kier alpha value is -2.14. The topological polar surface area (TPSA) is 72.8 Å². The van der Waals surface area contributed by atoms with E-state index in [1.807, 2.05) is 0 Å². The molecule has 0 unspecified atom stereocenters. The maximum absolute atomic E-state index is 11.4. The summed E-state index contributed by atoms with van der Waals surface area (Å²) in [6, 6.07) is 3.19. The van der Waals surface area contributed by atoms with Crippen molar-refractivity contribution in [3.05, 3.63) is 33.8 Å². The van der Waals surface area contributed by atoms with Crippen molar-refractivity contribution in [3.8, 4) is 11.5 Å². The zero-order chi connectivity index (χ0) is 12.9. The Bertz CT molecular complexity index is 815. The number of fused-ring (bicyclic) bond motifs is 2. The van der Waals surface area contributed by atoms with Crippen molar-refractivity contribution in [2.75, 3.05) is 7.11 Å². The van der Waals surface area contributed by atoms with E-state index in [0.29, 0.717) is 16.7 Å². The molecule has 5 nitrogen and oxygen atoms in total. The quantitative estimate of drug-likeness (QED) is 0.686. The molecule has 0 aliphatic rings. The summed E-state index contributed by atoms with van der Waals surface area (Å²) < 4.78 is 15.5. The number of methoxy groups -OCH3 is 1. The third-order valence-corrected chi connectivity index (χ3v) is 3.04. The van der Waals surface area contributed by atoms with Gasteiger partial charge in [0.15, 0.2) is 10.8 Å². The zero-order valence-corrected chi connectivity index (χ0v) is 9.95. The molecule has 3 rings (SSSR count). The molecule has 0 radical (unpaired) electrons. The summed E-state index contributed by atoms with van der Waals surface area (Å²) >= 11 is 5.68.